The highest BCUT2D eigenvalue weighted by atomic mass is 16.6. The molecule has 0 bridgehead atoms. The van der Waals surface area contributed by atoms with Crippen LogP contribution in [-0.4, -0.2) is 37.4 Å². The molecule has 2 aliphatic rings. The van der Waals surface area contributed by atoms with Crippen molar-refractivity contribution in [3.8, 4) is 17.2 Å². The number of carbonyl (C=O) groups excluding carboxylic acids is 1. The van der Waals surface area contributed by atoms with E-state index in [-0.39, 0.29) is 11.2 Å². The summed E-state index contributed by atoms with van der Waals surface area (Å²) in [5.41, 5.74) is 2.08. The van der Waals surface area contributed by atoms with Gasteiger partial charge in [0.2, 0.25) is 17.4 Å². The van der Waals surface area contributed by atoms with E-state index in [1.165, 1.54) is 0 Å². The molecular weight excluding hydrogens is 376 g/mol. The van der Waals surface area contributed by atoms with Gasteiger partial charge >= 0.3 is 0 Å². The van der Waals surface area contributed by atoms with Crippen LogP contribution in [0.4, 0.5) is 11.6 Å². The molecule has 1 atom stereocenters. The lowest BCUT2D eigenvalue weighted by Gasteiger charge is -2.34. The first-order valence-electron chi connectivity index (χ1n) is 9.29. The molecule has 4 rings (SSSR count). The molecule has 1 aromatic heterocycles. The number of benzene rings is 1. The molecule has 154 valence electrons. The Balaban J connectivity index is 1.90. The van der Waals surface area contributed by atoms with Crippen LogP contribution in [0.2, 0.25) is 0 Å². The molecule has 1 unspecified atom stereocenters. The van der Waals surface area contributed by atoms with Gasteiger partial charge in [-0.15, -0.1) is 0 Å². The van der Waals surface area contributed by atoms with E-state index < -0.39 is 6.04 Å². The first-order chi connectivity index (χ1) is 13.9. The van der Waals surface area contributed by atoms with Crippen LogP contribution in [0.1, 0.15) is 38.3 Å². The Morgan fingerprint density at radius 3 is 2.31 bits per heavy atom. The third-order valence-electron chi connectivity index (χ3n) is 5.27. The number of methoxy groups -OCH3 is 3. The van der Waals surface area contributed by atoms with Gasteiger partial charge in [0.25, 0.3) is 0 Å². The molecule has 0 amide bonds. The fourth-order valence-corrected chi connectivity index (χ4v) is 4.02. The Morgan fingerprint density at radius 2 is 1.69 bits per heavy atom. The van der Waals surface area contributed by atoms with E-state index in [9.17, 15) is 4.79 Å². The lowest BCUT2D eigenvalue weighted by atomic mass is 9.73. The summed E-state index contributed by atoms with van der Waals surface area (Å²) in [6.07, 6.45) is 1.15. The Morgan fingerprint density at radius 1 is 1.03 bits per heavy atom. The van der Waals surface area contributed by atoms with Crippen molar-refractivity contribution < 1.29 is 23.6 Å². The number of hydrogen-bond acceptors (Lipinski definition) is 9. The van der Waals surface area contributed by atoms with Crippen LogP contribution in [0, 0.1) is 5.41 Å². The summed E-state index contributed by atoms with van der Waals surface area (Å²) in [6, 6.07) is 3.17. The number of allylic oxidation sites excluding steroid dienone is 1. The topological polar surface area (TPSA) is 108 Å². The fraction of sp³-hybridized carbons (Fsp3) is 0.450. The quantitative estimate of drug-likeness (QED) is 0.799. The SMILES string of the molecule is COc1cc(C2Nc3nonc3NC3=C2C(=O)CC(C)(C)C3)cc(OC)c1OC. The molecule has 1 aliphatic carbocycles. The van der Waals surface area contributed by atoms with Gasteiger partial charge in [0.1, 0.15) is 0 Å². The van der Waals surface area contributed by atoms with Gasteiger partial charge < -0.3 is 24.8 Å². The standard InChI is InChI=1S/C20H24N4O5/c1-20(2)8-11-15(12(25)9-20)16(22-19-18(21-11)23-29-24-19)10-6-13(26-3)17(28-5)14(7-10)27-4/h6-7,16H,8-9H2,1-5H3,(H,21,23)(H,22,24). The number of aromatic nitrogens is 2. The predicted octanol–water partition coefficient (Wildman–Crippen LogP) is 3.32. The highest BCUT2D eigenvalue weighted by Gasteiger charge is 2.40. The Labute approximate surface area is 168 Å². The molecule has 9 heteroatoms. The Hall–Kier alpha value is -3.23. The molecular formula is C20H24N4O5. The second-order valence-corrected chi connectivity index (χ2v) is 7.96. The summed E-state index contributed by atoms with van der Waals surface area (Å²) in [5, 5.41) is 14.4. The van der Waals surface area contributed by atoms with E-state index in [0.717, 1.165) is 11.3 Å². The number of hydrogen-bond donors (Lipinski definition) is 2. The van der Waals surface area contributed by atoms with Crippen LogP contribution in [0.15, 0.2) is 28.0 Å². The maximum Gasteiger partial charge on any atom is 0.219 e. The van der Waals surface area contributed by atoms with Gasteiger partial charge in [-0.25, -0.2) is 4.63 Å². The average Bonchev–Trinajstić information content (AvgIpc) is 3.04. The van der Waals surface area contributed by atoms with Crippen molar-refractivity contribution in [2.24, 2.45) is 5.41 Å². The van der Waals surface area contributed by atoms with Gasteiger partial charge in [-0.1, -0.05) is 13.8 Å². The van der Waals surface area contributed by atoms with E-state index in [2.05, 4.69) is 34.8 Å². The van der Waals surface area contributed by atoms with Crippen LogP contribution in [0.5, 0.6) is 17.2 Å². The minimum absolute atomic E-state index is 0.0668. The molecule has 0 radical (unpaired) electrons. The summed E-state index contributed by atoms with van der Waals surface area (Å²) >= 11 is 0. The monoisotopic (exact) mass is 400 g/mol. The van der Waals surface area contributed by atoms with Gasteiger partial charge in [0, 0.05) is 17.7 Å². The highest BCUT2D eigenvalue weighted by Crippen LogP contribution is 2.47. The van der Waals surface area contributed by atoms with E-state index >= 15 is 0 Å². The maximum atomic E-state index is 13.2. The van der Waals surface area contributed by atoms with Crippen molar-refractivity contribution in [1.82, 2.24) is 10.3 Å². The summed E-state index contributed by atoms with van der Waals surface area (Å²) in [7, 11) is 4.66. The van der Waals surface area contributed by atoms with Crippen LogP contribution in [-0.2, 0) is 4.79 Å². The zero-order chi connectivity index (χ0) is 20.8. The zero-order valence-corrected chi connectivity index (χ0v) is 17.1. The minimum Gasteiger partial charge on any atom is -0.493 e. The second-order valence-electron chi connectivity index (χ2n) is 7.96. The van der Waals surface area contributed by atoms with Crippen molar-refractivity contribution in [2.75, 3.05) is 32.0 Å². The second kappa shape index (κ2) is 6.98. The van der Waals surface area contributed by atoms with Gasteiger partial charge in [-0.3, -0.25) is 4.79 Å². The molecule has 0 saturated carbocycles. The van der Waals surface area contributed by atoms with Crippen LogP contribution >= 0.6 is 0 Å². The third-order valence-corrected chi connectivity index (χ3v) is 5.27. The molecule has 1 aromatic carbocycles. The highest BCUT2D eigenvalue weighted by molar-refractivity contribution is 6.00. The van der Waals surface area contributed by atoms with Crippen LogP contribution in [0.25, 0.3) is 0 Å². The molecule has 0 saturated heterocycles. The maximum absolute atomic E-state index is 13.2. The van der Waals surface area contributed by atoms with Crippen molar-refractivity contribution in [3.63, 3.8) is 0 Å². The normalized spacial score (nSPS) is 20.0. The first-order valence-corrected chi connectivity index (χ1v) is 9.29. The van der Waals surface area contributed by atoms with E-state index in [0.29, 0.717) is 47.3 Å². The summed E-state index contributed by atoms with van der Waals surface area (Å²) < 4.78 is 21.3. The number of carbonyl (C=O) groups is 1. The molecule has 29 heavy (non-hydrogen) atoms. The first kappa shape index (κ1) is 19.1. The third kappa shape index (κ3) is 3.26. The van der Waals surface area contributed by atoms with Gasteiger partial charge in [-0.05, 0) is 39.8 Å². The summed E-state index contributed by atoms with van der Waals surface area (Å²) in [5.74, 6) is 2.45. The van der Waals surface area contributed by atoms with Crippen LogP contribution in [0.3, 0.4) is 0 Å². The largest absolute Gasteiger partial charge is 0.493 e. The number of rotatable bonds is 4. The van der Waals surface area contributed by atoms with E-state index in [4.69, 9.17) is 18.8 Å². The predicted molar refractivity (Wildman–Crippen MR) is 105 cm³/mol. The van der Waals surface area contributed by atoms with Crippen LogP contribution < -0.4 is 24.8 Å². The Kier molecular flexibility index (Phi) is 4.60. The number of fused-ring (bicyclic) bond motifs is 1. The van der Waals surface area contributed by atoms with Crippen molar-refractivity contribution in [3.05, 3.63) is 29.0 Å². The van der Waals surface area contributed by atoms with E-state index in [1.54, 1.807) is 21.3 Å². The molecule has 0 spiro atoms. The average molecular weight is 400 g/mol. The fourth-order valence-electron chi connectivity index (χ4n) is 4.02. The molecule has 2 heterocycles. The van der Waals surface area contributed by atoms with Gasteiger partial charge in [0.15, 0.2) is 17.3 Å². The lowest BCUT2D eigenvalue weighted by Crippen LogP contribution is -2.31. The minimum atomic E-state index is -0.483. The number of Topliss-reactive ketones (excluding diaryl/α,β-unsaturated/α-hetero) is 1. The van der Waals surface area contributed by atoms with Gasteiger partial charge in [0.05, 0.1) is 27.4 Å². The molecule has 1 aliphatic heterocycles. The van der Waals surface area contributed by atoms with Crippen molar-refractivity contribution in [2.45, 2.75) is 32.7 Å². The number of ether oxygens (including phenoxy) is 3. The summed E-state index contributed by atoms with van der Waals surface area (Å²) in [6.45, 7) is 4.15. The zero-order valence-electron chi connectivity index (χ0n) is 17.1. The smallest absolute Gasteiger partial charge is 0.219 e. The van der Waals surface area contributed by atoms with Crippen molar-refractivity contribution >= 4 is 17.4 Å². The van der Waals surface area contributed by atoms with Crippen molar-refractivity contribution in [1.29, 1.82) is 0 Å². The summed E-state index contributed by atoms with van der Waals surface area (Å²) in [4.78, 5) is 13.2. The number of nitrogens with zero attached hydrogens (tertiary/aromatic N) is 2. The number of ketones is 1. The molecule has 2 aromatic rings. The van der Waals surface area contributed by atoms with E-state index in [1.807, 2.05) is 12.1 Å². The molecule has 2 N–H and O–H groups in total. The Bertz CT molecular complexity index is 970. The molecule has 0 fully saturated rings. The van der Waals surface area contributed by atoms with Gasteiger partial charge in [-0.2, -0.15) is 0 Å². The molecule has 9 nitrogen and oxygen atoms in total. The number of anilines is 2. The number of nitrogens with one attached hydrogen (secondary N) is 2. The lowest BCUT2D eigenvalue weighted by molar-refractivity contribution is -0.118.